The van der Waals surface area contributed by atoms with Crippen LogP contribution >= 0.6 is 0 Å². The van der Waals surface area contributed by atoms with Crippen molar-refractivity contribution in [2.24, 2.45) is 23.2 Å². The molecular formula is C19H27NO2. The summed E-state index contributed by atoms with van der Waals surface area (Å²) in [6.07, 6.45) is 5.71. The maximum atomic E-state index is 13.0. The molecule has 2 saturated carbocycles. The van der Waals surface area contributed by atoms with Gasteiger partial charge in [0.05, 0.1) is 12.5 Å². The quantitative estimate of drug-likeness (QED) is 0.893. The van der Waals surface area contributed by atoms with E-state index < -0.39 is 0 Å². The van der Waals surface area contributed by atoms with Crippen molar-refractivity contribution in [1.29, 1.82) is 0 Å². The van der Waals surface area contributed by atoms with Crippen LogP contribution in [0.1, 0.15) is 46.0 Å². The molecule has 2 bridgehead atoms. The van der Waals surface area contributed by atoms with Crippen molar-refractivity contribution in [2.75, 3.05) is 12.4 Å². The maximum absolute atomic E-state index is 13.0. The van der Waals surface area contributed by atoms with E-state index in [2.05, 4.69) is 19.2 Å². The van der Waals surface area contributed by atoms with E-state index in [9.17, 15) is 4.79 Å². The Hall–Kier alpha value is -1.51. The fourth-order valence-electron chi connectivity index (χ4n) is 4.95. The van der Waals surface area contributed by atoms with E-state index >= 15 is 0 Å². The average Bonchev–Trinajstić information content (AvgIpc) is 2.45. The maximum Gasteiger partial charge on any atom is 0.230 e. The standard InChI is InChI=1S/C19H27NO2/c1-13-7-15-8-14(2)11-19(10-13,12-15)18(21)20-16-5-4-6-17(9-16)22-3/h4-6,9,13-15H,7-8,10-12H2,1-3H3,(H,20,21). The molecular weight excluding hydrogens is 274 g/mol. The van der Waals surface area contributed by atoms with E-state index in [1.165, 1.54) is 12.8 Å². The number of amides is 1. The zero-order valence-corrected chi connectivity index (χ0v) is 13.9. The Morgan fingerprint density at radius 2 is 1.86 bits per heavy atom. The number of hydrogen-bond donors (Lipinski definition) is 1. The van der Waals surface area contributed by atoms with Gasteiger partial charge in [-0.25, -0.2) is 0 Å². The zero-order chi connectivity index (χ0) is 15.7. The summed E-state index contributed by atoms with van der Waals surface area (Å²) >= 11 is 0. The largest absolute Gasteiger partial charge is 0.497 e. The molecule has 3 heteroatoms. The van der Waals surface area contributed by atoms with Crippen LogP contribution in [0.2, 0.25) is 0 Å². The van der Waals surface area contributed by atoms with E-state index in [0.717, 1.165) is 36.6 Å². The summed E-state index contributed by atoms with van der Waals surface area (Å²) in [6.45, 7) is 4.60. The number of carbonyl (C=O) groups is 1. The highest BCUT2D eigenvalue weighted by Crippen LogP contribution is 2.53. The van der Waals surface area contributed by atoms with Crippen LogP contribution in [-0.4, -0.2) is 13.0 Å². The van der Waals surface area contributed by atoms with Gasteiger partial charge in [0.25, 0.3) is 0 Å². The number of methoxy groups -OCH3 is 1. The second-order valence-corrected chi connectivity index (χ2v) is 7.63. The molecule has 0 heterocycles. The van der Waals surface area contributed by atoms with E-state index in [-0.39, 0.29) is 11.3 Å². The molecule has 1 amide bonds. The Balaban J connectivity index is 1.79. The summed E-state index contributed by atoms with van der Waals surface area (Å²) in [5.74, 6) is 3.03. The molecule has 0 saturated heterocycles. The van der Waals surface area contributed by atoms with Crippen LogP contribution in [0.5, 0.6) is 5.75 Å². The molecule has 120 valence electrons. The highest BCUT2D eigenvalue weighted by Gasteiger charge is 2.48. The van der Waals surface area contributed by atoms with Crippen molar-refractivity contribution in [2.45, 2.75) is 46.0 Å². The summed E-state index contributed by atoms with van der Waals surface area (Å²) in [5.41, 5.74) is 0.676. The summed E-state index contributed by atoms with van der Waals surface area (Å²) in [4.78, 5) is 13.0. The molecule has 0 aromatic heterocycles. The Morgan fingerprint density at radius 3 is 2.50 bits per heavy atom. The number of rotatable bonds is 3. The highest BCUT2D eigenvalue weighted by atomic mass is 16.5. The zero-order valence-electron chi connectivity index (χ0n) is 13.9. The first-order valence-corrected chi connectivity index (χ1v) is 8.46. The predicted molar refractivity (Wildman–Crippen MR) is 89.0 cm³/mol. The van der Waals surface area contributed by atoms with Gasteiger partial charge in [-0.15, -0.1) is 0 Å². The van der Waals surface area contributed by atoms with Crippen LogP contribution in [0.15, 0.2) is 24.3 Å². The van der Waals surface area contributed by atoms with Crippen molar-refractivity contribution >= 4 is 11.6 Å². The van der Waals surface area contributed by atoms with Gasteiger partial charge in [-0.3, -0.25) is 4.79 Å². The molecule has 3 nitrogen and oxygen atoms in total. The van der Waals surface area contributed by atoms with Gasteiger partial charge in [0, 0.05) is 11.8 Å². The minimum atomic E-state index is -0.164. The summed E-state index contributed by atoms with van der Waals surface area (Å²) in [7, 11) is 1.65. The Bertz CT molecular complexity index is 535. The van der Waals surface area contributed by atoms with E-state index in [1.807, 2.05) is 24.3 Å². The third-order valence-corrected chi connectivity index (χ3v) is 5.44. The van der Waals surface area contributed by atoms with Crippen molar-refractivity contribution < 1.29 is 9.53 Å². The molecule has 3 rings (SSSR count). The van der Waals surface area contributed by atoms with Crippen LogP contribution in [0.4, 0.5) is 5.69 Å². The average molecular weight is 301 g/mol. The van der Waals surface area contributed by atoms with Crippen LogP contribution < -0.4 is 10.1 Å². The molecule has 22 heavy (non-hydrogen) atoms. The second-order valence-electron chi connectivity index (χ2n) is 7.63. The third kappa shape index (κ3) is 2.99. The van der Waals surface area contributed by atoms with Crippen LogP contribution in [0.3, 0.4) is 0 Å². The first-order chi connectivity index (χ1) is 10.5. The van der Waals surface area contributed by atoms with Gasteiger partial charge in [0.15, 0.2) is 0 Å². The van der Waals surface area contributed by atoms with Crippen molar-refractivity contribution in [1.82, 2.24) is 0 Å². The lowest BCUT2D eigenvalue weighted by molar-refractivity contribution is -0.133. The molecule has 1 aromatic carbocycles. The molecule has 0 aliphatic heterocycles. The minimum absolute atomic E-state index is 0.164. The van der Waals surface area contributed by atoms with E-state index in [4.69, 9.17) is 4.74 Å². The monoisotopic (exact) mass is 301 g/mol. The molecule has 1 N–H and O–H groups in total. The first kappa shape index (κ1) is 15.4. The van der Waals surface area contributed by atoms with E-state index in [0.29, 0.717) is 11.8 Å². The molecule has 0 spiro atoms. The molecule has 1 aromatic rings. The first-order valence-electron chi connectivity index (χ1n) is 8.46. The fourth-order valence-corrected chi connectivity index (χ4v) is 4.95. The number of hydrogen-bond acceptors (Lipinski definition) is 2. The number of carbonyl (C=O) groups excluding carboxylic acids is 1. The van der Waals surface area contributed by atoms with E-state index in [1.54, 1.807) is 7.11 Å². The number of ether oxygens (including phenoxy) is 1. The number of anilines is 1. The van der Waals surface area contributed by atoms with Gasteiger partial charge in [-0.1, -0.05) is 19.9 Å². The van der Waals surface area contributed by atoms with Crippen molar-refractivity contribution in [3.8, 4) is 5.75 Å². The Morgan fingerprint density at radius 1 is 1.18 bits per heavy atom. The number of nitrogens with one attached hydrogen (secondary N) is 1. The van der Waals surface area contributed by atoms with Crippen molar-refractivity contribution in [3.63, 3.8) is 0 Å². The summed E-state index contributed by atoms with van der Waals surface area (Å²) in [5, 5.41) is 3.15. The van der Waals surface area contributed by atoms with Gasteiger partial charge in [0.2, 0.25) is 5.91 Å². The van der Waals surface area contributed by atoms with Crippen LogP contribution in [0, 0.1) is 23.2 Å². The van der Waals surface area contributed by atoms with Crippen LogP contribution in [-0.2, 0) is 4.79 Å². The summed E-state index contributed by atoms with van der Waals surface area (Å²) < 4.78 is 5.24. The molecule has 2 atom stereocenters. The van der Waals surface area contributed by atoms with Gasteiger partial charge >= 0.3 is 0 Å². The minimum Gasteiger partial charge on any atom is -0.497 e. The van der Waals surface area contributed by atoms with Gasteiger partial charge < -0.3 is 10.1 Å². The predicted octanol–water partition coefficient (Wildman–Crippen LogP) is 4.49. The Labute approximate surface area is 133 Å². The molecule has 2 aliphatic carbocycles. The third-order valence-electron chi connectivity index (χ3n) is 5.44. The van der Waals surface area contributed by atoms with Crippen LogP contribution in [0.25, 0.3) is 0 Å². The Kier molecular flexibility index (Phi) is 4.16. The molecule has 2 unspecified atom stereocenters. The lowest BCUT2D eigenvalue weighted by atomic mass is 9.56. The normalized spacial score (nSPS) is 34.0. The summed E-state index contributed by atoms with van der Waals surface area (Å²) in [6, 6.07) is 7.65. The highest BCUT2D eigenvalue weighted by molar-refractivity contribution is 5.95. The number of benzene rings is 1. The van der Waals surface area contributed by atoms with Gasteiger partial charge in [-0.2, -0.15) is 0 Å². The topological polar surface area (TPSA) is 38.3 Å². The molecule has 2 fully saturated rings. The SMILES string of the molecule is COc1cccc(NC(=O)C23CC(C)CC(CC(C)C2)C3)c1. The molecule has 0 radical (unpaired) electrons. The van der Waals surface area contributed by atoms with Crippen molar-refractivity contribution in [3.05, 3.63) is 24.3 Å². The smallest absolute Gasteiger partial charge is 0.230 e. The van der Waals surface area contributed by atoms with Gasteiger partial charge in [-0.05, 0) is 62.0 Å². The van der Waals surface area contributed by atoms with Gasteiger partial charge in [0.1, 0.15) is 5.75 Å². The lowest BCUT2D eigenvalue weighted by Crippen LogP contribution is -2.47. The number of fused-ring (bicyclic) bond motifs is 2. The lowest BCUT2D eigenvalue weighted by Gasteiger charge is -2.48. The second kappa shape index (κ2) is 5.94. The fraction of sp³-hybridized carbons (Fsp3) is 0.632. The molecule has 2 aliphatic rings.